The highest BCUT2D eigenvalue weighted by molar-refractivity contribution is 5.79. The number of likely N-dealkylation sites (tertiary alicyclic amines) is 1. The minimum Gasteiger partial charge on any atom is -0.369 e. The van der Waals surface area contributed by atoms with Crippen LogP contribution in [0.25, 0.3) is 4.85 Å². The first-order chi connectivity index (χ1) is 13.9. The molecule has 3 rings (SSSR count). The second-order valence-electron chi connectivity index (χ2n) is 6.88. The fraction of sp³-hybridized carbons (Fsp3) is 0.500. The number of aromatic nitrogens is 4. The Balaban J connectivity index is 1.56. The van der Waals surface area contributed by atoms with Crippen LogP contribution in [0.5, 0.6) is 0 Å². The lowest BCUT2D eigenvalue weighted by Gasteiger charge is -2.15. The second kappa shape index (κ2) is 9.27. The van der Waals surface area contributed by atoms with E-state index in [0.29, 0.717) is 37.1 Å². The van der Waals surface area contributed by atoms with Crippen LogP contribution in [0, 0.1) is 19.4 Å². The largest absolute Gasteiger partial charge is 0.369 e. The highest BCUT2D eigenvalue weighted by atomic mass is 19.3. The number of carbonyl (C=O) groups excluding carboxylic acids is 1. The van der Waals surface area contributed by atoms with Crippen molar-refractivity contribution in [3.63, 3.8) is 0 Å². The fourth-order valence-corrected chi connectivity index (χ4v) is 3.11. The van der Waals surface area contributed by atoms with Crippen LogP contribution in [-0.2, 0) is 11.3 Å². The van der Waals surface area contributed by atoms with E-state index in [2.05, 4.69) is 30.5 Å². The molecule has 2 N–H and O–H groups in total. The first-order valence-electron chi connectivity index (χ1n) is 9.20. The first-order valence-corrected chi connectivity index (χ1v) is 9.20. The molecule has 2 aromatic rings. The van der Waals surface area contributed by atoms with E-state index in [4.69, 9.17) is 6.57 Å². The minimum absolute atomic E-state index is 0.103. The predicted molar refractivity (Wildman–Crippen MR) is 103 cm³/mol. The summed E-state index contributed by atoms with van der Waals surface area (Å²) in [5.74, 6) is 1.14. The van der Waals surface area contributed by atoms with E-state index in [1.165, 1.54) is 12.4 Å². The number of halogens is 2. The van der Waals surface area contributed by atoms with Crippen molar-refractivity contribution in [1.29, 1.82) is 0 Å². The molecular formula is C18H22F2N8O. The molecule has 29 heavy (non-hydrogen) atoms. The zero-order chi connectivity index (χ0) is 20.8. The lowest BCUT2D eigenvalue weighted by molar-refractivity contribution is -0.128. The Kier molecular flexibility index (Phi) is 6.54. The molecule has 0 bridgehead atoms. The van der Waals surface area contributed by atoms with Gasteiger partial charge in [0.05, 0.1) is 11.9 Å². The summed E-state index contributed by atoms with van der Waals surface area (Å²) in [6, 6.07) is 0. The molecule has 0 aliphatic carbocycles. The molecule has 0 spiro atoms. The molecule has 1 atom stereocenters. The number of amides is 1. The number of nitrogens with zero attached hydrogens (tertiary/aromatic N) is 6. The van der Waals surface area contributed by atoms with E-state index >= 15 is 0 Å². The molecule has 1 fully saturated rings. The number of alkyl halides is 2. The second-order valence-corrected chi connectivity index (χ2v) is 6.88. The molecule has 9 nitrogen and oxygen atoms in total. The Morgan fingerprint density at radius 1 is 1.45 bits per heavy atom. The van der Waals surface area contributed by atoms with Crippen molar-refractivity contribution < 1.29 is 13.6 Å². The van der Waals surface area contributed by atoms with Gasteiger partial charge in [0.2, 0.25) is 5.95 Å². The van der Waals surface area contributed by atoms with Gasteiger partial charge in [0.25, 0.3) is 13.0 Å². The Hall–Kier alpha value is -3.29. The molecule has 11 heteroatoms. The zero-order valence-electron chi connectivity index (χ0n) is 16.0. The summed E-state index contributed by atoms with van der Waals surface area (Å²) in [4.78, 5) is 25.3. The molecular weight excluding hydrogens is 382 g/mol. The van der Waals surface area contributed by atoms with Gasteiger partial charge in [0.15, 0.2) is 0 Å². The Morgan fingerprint density at radius 2 is 2.28 bits per heavy atom. The van der Waals surface area contributed by atoms with Crippen molar-refractivity contribution in [2.45, 2.75) is 26.3 Å². The summed E-state index contributed by atoms with van der Waals surface area (Å²) in [7, 11) is 0. The Morgan fingerprint density at radius 3 is 3.03 bits per heavy atom. The number of hydrogen-bond acceptors (Lipinski definition) is 6. The third kappa shape index (κ3) is 5.60. The summed E-state index contributed by atoms with van der Waals surface area (Å²) in [6.07, 6.45) is 2.97. The van der Waals surface area contributed by atoms with E-state index in [9.17, 15) is 13.6 Å². The van der Waals surface area contributed by atoms with Crippen molar-refractivity contribution in [2.75, 3.05) is 36.8 Å². The average molecular weight is 404 g/mol. The molecule has 0 radical (unpaired) electrons. The highest BCUT2D eigenvalue weighted by Crippen LogP contribution is 2.20. The van der Waals surface area contributed by atoms with E-state index in [1.807, 2.05) is 6.92 Å². The van der Waals surface area contributed by atoms with Gasteiger partial charge in [0, 0.05) is 37.6 Å². The van der Waals surface area contributed by atoms with E-state index in [-0.39, 0.29) is 18.4 Å². The smallest absolute Gasteiger partial charge is 0.302 e. The van der Waals surface area contributed by atoms with Gasteiger partial charge >= 0.3 is 5.91 Å². The number of rotatable bonds is 8. The molecule has 0 saturated carbocycles. The molecule has 0 aromatic carbocycles. The summed E-state index contributed by atoms with van der Waals surface area (Å²) in [6.45, 7) is 10.0. The van der Waals surface area contributed by atoms with Crippen molar-refractivity contribution in [2.24, 2.45) is 5.92 Å². The minimum atomic E-state index is -2.47. The van der Waals surface area contributed by atoms with Crippen LogP contribution < -0.4 is 10.6 Å². The molecule has 154 valence electrons. The van der Waals surface area contributed by atoms with E-state index in [1.54, 1.807) is 11.1 Å². The number of aryl methyl sites for hydroxylation is 1. The molecule has 3 heterocycles. The Bertz CT molecular complexity index is 894. The van der Waals surface area contributed by atoms with Crippen molar-refractivity contribution >= 4 is 23.4 Å². The van der Waals surface area contributed by atoms with Gasteiger partial charge in [-0.2, -0.15) is 10.1 Å². The lowest BCUT2D eigenvalue weighted by atomic mass is 10.1. The third-order valence-corrected chi connectivity index (χ3v) is 4.60. The van der Waals surface area contributed by atoms with Gasteiger partial charge < -0.3 is 20.4 Å². The number of carbonyl (C=O) groups is 1. The lowest BCUT2D eigenvalue weighted by Crippen LogP contribution is -2.31. The van der Waals surface area contributed by atoms with Gasteiger partial charge in [-0.15, -0.1) is 0 Å². The number of hydrogen-bond donors (Lipinski definition) is 2. The van der Waals surface area contributed by atoms with Crippen LogP contribution in [0.4, 0.5) is 26.2 Å². The SMILES string of the molecule is [C-]#[N+]CC(=O)N1CC[C@H](CNc2nc(Nc3cnn(CC(F)F)c3)ncc2C)C1. The molecule has 1 amide bonds. The monoisotopic (exact) mass is 404 g/mol. The molecule has 1 aliphatic heterocycles. The number of anilines is 3. The van der Waals surface area contributed by atoms with Crippen LogP contribution in [0.15, 0.2) is 18.6 Å². The maximum Gasteiger partial charge on any atom is 0.302 e. The van der Waals surface area contributed by atoms with Crippen molar-refractivity contribution in [3.05, 3.63) is 35.6 Å². The quantitative estimate of drug-likeness (QED) is 0.655. The standard InChI is InChI=1S/C18H22F2N8O/c1-12-5-23-18(25-14-7-24-28(10-14)11-15(19)20)26-17(12)22-6-13-3-4-27(9-13)16(29)8-21-2/h5,7,10,13,15H,3-4,6,8-9,11H2,1H3,(H2,22,23,25,26)/t13-/m1/s1. The van der Waals surface area contributed by atoms with Gasteiger partial charge in [-0.3, -0.25) is 9.48 Å². The van der Waals surface area contributed by atoms with Gasteiger partial charge in [0.1, 0.15) is 12.4 Å². The van der Waals surface area contributed by atoms with Crippen molar-refractivity contribution in [1.82, 2.24) is 24.6 Å². The predicted octanol–water partition coefficient (Wildman–Crippen LogP) is 2.17. The normalized spacial score (nSPS) is 16.1. The summed E-state index contributed by atoms with van der Waals surface area (Å²) >= 11 is 0. The topological polar surface area (TPSA) is 92.3 Å². The van der Waals surface area contributed by atoms with Gasteiger partial charge in [-0.25, -0.2) is 20.3 Å². The van der Waals surface area contributed by atoms with Crippen LogP contribution in [0.1, 0.15) is 12.0 Å². The summed E-state index contributed by atoms with van der Waals surface area (Å²) in [5.41, 5.74) is 1.38. The van der Waals surface area contributed by atoms with E-state index in [0.717, 1.165) is 16.7 Å². The summed E-state index contributed by atoms with van der Waals surface area (Å²) in [5, 5.41) is 10.1. The summed E-state index contributed by atoms with van der Waals surface area (Å²) < 4.78 is 26.0. The molecule has 2 aromatic heterocycles. The zero-order valence-corrected chi connectivity index (χ0v) is 16.0. The third-order valence-electron chi connectivity index (χ3n) is 4.60. The van der Waals surface area contributed by atoms with Crippen LogP contribution >= 0.6 is 0 Å². The molecule has 0 unspecified atom stereocenters. The first kappa shape index (κ1) is 20.4. The average Bonchev–Trinajstić information content (AvgIpc) is 3.31. The van der Waals surface area contributed by atoms with Crippen LogP contribution in [0.3, 0.4) is 0 Å². The Labute approximate surface area is 166 Å². The van der Waals surface area contributed by atoms with E-state index < -0.39 is 13.0 Å². The number of nitrogens with one attached hydrogen (secondary N) is 2. The molecule has 1 aliphatic rings. The fourth-order valence-electron chi connectivity index (χ4n) is 3.11. The highest BCUT2D eigenvalue weighted by Gasteiger charge is 2.27. The maximum atomic E-state index is 12.4. The van der Waals surface area contributed by atoms with Crippen LogP contribution in [-0.4, -0.2) is 63.2 Å². The maximum absolute atomic E-state index is 12.4. The van der Waals surface area contributed by atoms with Gasteiger partial charge in [-0.05, 0) is 19.3 Å². The molecule has 1 saturated heterocycles. The van der Waals surface area contributed by atoms with Crippen LogP contribution in [0.2, 0.25) is 0 Å². The van der Waals surface area contributed by atoms with Crippen molar-refractivity contribution in [3.8, 4) is 0 Å². The van der Waals surface area contributed by atoms with Gasteiger partial charge in [-0.1, -0.05) is 0 Å².